The summed E-state index contributed by atoms with van der Waals surface area (Å²) in [5.74, 6) is -0.825. The summed E-state index contributed by atoms with van der Waals surface area (Å²) in [5, 5.41) is 14.4. The van der Waals surface area contributed by atoms with Crippen molar-refractivity contribution in [2.24, 2.45) is 5.92 Å². The minimum atomic E-state index is -1.11. The second kappa shape index (κ2) is 4.04. The summed E-state index contributed by atoms with van der Waals surface area (Å²) in [6.07, 6.45) is 0.540. The lowest BCUT2D eigenvalue weighted by Gasteiger charge is -2.06. The second-order valence-electron chi connectivity index (χ2n) is 3.51. The fourth-order valence-electron chi connectivity index (χ4n) is 1.22. The van der Waals surface area contributed by atoms with Crippen molar-refractivity contribution in [3.8, 4) is 0 Å². The molecule has 14 heavy (non-hydrogen) atoms. The van der Waals surface area contributed by atoms with Crippen LogP contribution in [0, 0.1) is 5.92 Å². The van der Waals surface area contributed by atoms with Gasteiger partial charge in [-0.2, -0.15) is 5.10 Å². The number of aromatic carboxylic acids is 1. The number of nitrogens with zero attached hydrogens (tertiary/aromatic N) is 1. The number of carboxylic acid groups (broad SMARTS) is 1. The van der Waals surface area contributed by atoms with Crippen LogP contribution < -0.4 is 5.56 Å². The van der Waals surface area contributed by atoms with Gasteiger partial charge in [0, 0.05) is 6.07 Å². The Morgan fingerprint density at radius 1 is 1.64 bits per heavy atom. The molecule has 1 heterocycles. The zero-order valence-corrected chi connectivity index (χ0v) is 8.07. The molecule has 0 bridgehead atoms. The highest BCUT2D eigenvalue weighted by molar-refractivity contribution is 5.86. The number of hydrogen-bond acceptors (Lipinski definition) is 3. The van der Waals surface area contributed by atoms with Crippen molar-refractivity contribution in [3.05, 3.63) is 27.7 Å². The molecule has 0 aromatic carbocycles. The maximum Gasteiger partial charge on any atom is 0.356 e. The van der Waals surface area contributed by atoms with Crippen LogP contribution in [0.5, 0.6) is 0 Å². The van der Waals surface area contributed by atoms with E-state index in [1.807, 2.05) is 13.8 Å². The molecule has 0 saturated heterocycles. The Kier molecular flexibility index (Phi) is 3.01. The van der Waals surface area contributed by atoms with Crippen LogP contribution in [0.2, 0.25) is 0 Å². The molecule has 0 aliphatic rings. The molecule has 1 rings (SSSR count). The number of rotatable bonds is 3. The maximum absolute atomic E-state index is 10.9. The SMILES string of the molecule is CC(C)Cc1cc(=O)[nH]nc1C(=O)O. The predicted octanol–water partition coefficient (Wildman–Crippen LogP) is 0.667. The largest absolute Gasteiger partial charge is 0.476 e. The van der Waals surface area contributed by atoms with Gasteiger partial charge in [-0.1, -0.05) is 13.8 Å². The van der Waals surface area contributed by atoms with E-state index in [2.05, 4.69) is 10.2 Å². The van der Waals surface area contributed by atoms with E-state index in [0.717, 1.165) is 0 Å². The minimum absolute atomic E-state index is 0.0710. The zero-order chi connectivity index (χ0) is 10.7. The van der Waals surface area contributed by atoms with Crippen molar-refractivity contribution in [2.45, 2.75) is 20.3 Å². The number of nitrogens with one attached hydrogen (secondary N) is 1. The third-order valence-electron chi connectivity index (χ3n) is 1.72. The standard InChI is InChI=1S/C9H12N2O3/c1-5(2)3-6-4-7(12)10-11-8(6)9(13)14/h4-5H,3H2,1-2H3,(H,10,12)(H,13,14). The Bertz CT molecular complexity index is 395. The highest BCUT2D eigenvalue weighted by Gasteiger charge is 2.13. The molecule has 5 heteroatoms. The summed E-state index contributed by atoms with van der Waals surface area (Å²) in [6.45, 7) is 3.90. The molecule has 0 aliphatic heterocycles. The van der Waals surface area contributed by atoms with E-state index < -0.39 is 5.97 Å². The first kappa shape index (κ1) is 10.4. The second-order valence-corrected chi connectivity index (χ2v) is 3.51. The van der Waals surface area contributed by atoms with Gasteiger partial charge in [0.15, 0.2) is 5.69 Å². The Balaban J connectivity index is 3.16. The molecule has 0 saturated carbocycles. The molecule has 0 unspecified atom stereocenters. The van der Waals surface area contributed by atoms with Gasteiger partial charge in [-0.3, -0.25) is 4.79 Å². The zero-order valence-electron chi connectivity index (χ0n) is 8.07. The third-order valence-corrected chi connectivity index (χ3v) is 1.72. The highest BCUT2D eigenvalue weighted by atomic mass is 16.4. The van der Waals surface area contributed by atoms with Gasteiger partial charge in [0.1, 0.15) is 0 Å². The lowest BCUT2D eigenvalue weighted by atomic mass is 10.0. The Morgan fingerprint density at radius 3 is 2.79 bits per heavy atom. The molecule has 76 valence electrons. The summed E-state index contributed by atoms with van der Waals surface area (Å²) in [6, 6.07) is 1.29. The quantitative estimate of drug-likeness (QED) is 0.744. The van der Waals surface area contributed by atoms with Gasteiger partial charge in [0.25, 0.3) is 5.56 Å². The van der Waals surface area contributed by atoms with Crippen LogP contribution in [-0.2, 0) is 6.42 Å². The Labute approximate surface area is 80.8 Å². The summed E-state index contributed by atoms with van der Waals surface area (Å²) in [7, 11) is 0. The molecular formula is C9H12N2O3. The van der Waals surface area contributed by atoms with E-state index in [9.17, 15) is 9.59 Å². The van der Waals surface area contributed by atoms with Gasteiger partial charge in [-0.15, -0.1) is 0 Å². The molecule has 0 amide bonds. The van der Waals surface area contributed by atoms with Crippen molar-refractivity contribution < 1.29 is 9.90 Å². The van der Waals surface area contributed by atoms with Gasteiger partial charge in [0.05, 0.1) is 0 Å². The van der Waals surface area contributed by atoms with Gasteiger partial charge in [-0.25, -0.2) is 9.89 Å². The van der Waals surface area contributed by atoms with Crippen LogP contribution in [0.1, 0.15) is 29.9 Å². The smallest absolute Gasteiger partial charge is 0.356 e. The molecule has 1 aromatic heterocycles. The molecule has 0 atom stereocenters. The summed E-state index contributed by atoms with van der Waals surface area (Å²) in [5.41, 5.74) is 0.0419. The minimum Gasteiger partial charge on any atom is -0.476 e. The van der Waals surface area contributed by atoms with Crippen LogP contribution in [0.25, 0.3) is 0 Å². The summed E-state index contributed by atoms with van der Waals surface area (Å²) < 4.78 is 0. The van der Waals surface area contributed by atoms with Gasteiger partial charge < -0.3 is 5.11 Å². The molecular weight excluding hydrogens is 184 g/mol. The van der Waals surface area contributed by atoms with Crippen molar-refractivity contribution in [1.82, 2.24) is 10.2 Å². The van der Waals surface area contributed by atoms with Crippen molar-refractivity contribution in [1.29, 1.82) is 0 Å². The van der Waals surface area contributed by atoms with Gasteiger partial charge in [-0.05, 0) is 17.9 Å². The first-order valence-corrected chi connectivity index (χ1v) is 4.32. The van der Waals surface area contributed by atoms with Crippen LogP contribution >= 0.6 is 0 Å². The summed E-state index contributed by atoms with van der Waals surface area (Å²) in [4.78, 5) is 21.7. The molecule has 0 radical (unpaired) electrons. The van der Waals surface area contributed by atoms with Crippen LogP contribution in [0.4, 0.5) is 0 Å². The van der Waals surface area contributed by atoms with E-state index >= 15 is 0 Å². The van der Waals surface area contributed by atoms with Crippen LogP contribution in [-0.4, -0.2) is 21.3 Å². The normalized spacial score (nSPS) is 10.5. The predicted molar refractivity (Wildman–Crippen MR) is 50.4 cm³/mol. The number of hydrogen-bond donors (Lipinski definition) is 2. The molecule has 1 aromatic rings. The van der Waals surface area contributed by atoms with Crippen LogP contribution in [0.3, 0.4) is 0 Å². The van der Waals surface area contributed by atoms with Crippen molar-refractivity contribution >= 4 is 5.97 Å². The fourth-order valence-corrected chi connectivity index (χ4v) is 1.22. The number of aromatic nitrogens is 2. The van der Waals surface area contributed by atoms with Gasteiger partial charge in [0.2, 0.25) is 0 Å². The first-order chi connectivity index (χ1) is 6.50. The number of aromatic amines is 1. The van der Waals surface area contributed by atoms with Crippen molar-refractivity contribution in [2.75, 3.05) is 0 Å². The Morgan fingerprint density at radius 2 is 2.29 bits per heavy atom. The molecule has 2 N–H and O–H groups in total. The Hall–Kier alpha value is -1.65. The first-order valence-electron chi connectivity index (χ1n) is 4.32. The van der Waals surface area contributed by atoms with E-state index in [4.69, 9.17) is 5.11 Å². The van der Waals surface area contributed by atoms with E-state index in [0.29, 0.717) is 12.0 Å². The average molecular weight is 196 g/mol. The number of carboxylic acids is 1. The lowest BCUT2D eigenvalue weighted by molar-refractivity contribution is 0.0687. The third kappa shape index (κ3) is 2.42. The monoisotopic (exact) mass is 196 g/mol. The maximum atomic E-state index is 10.9. The topological polar surface area (TPSA) is 83.0 Å². The fraction of sp³-hybridized carbons (Fsp3) is 0.444. The highest BCUT2D eigenvalue weighted by Crippen LogP contribution is 2.08. The molecule has 5 nitrogen and oxygen atoms in total. The molecule has 0 spiro atoms. The van der Waals surface area contributed by atoms with Crippen molar-refractivity contribution in [3.63, 3.8) is 0 Å². The molecule has 0 aliphatic carbocycles. The van der Waals surface area contributed by atoms with E-state index in [1.165, 1.54) is 6.07 Å². The van der Waals surface area contributed by atoms with E-state index in [-0.39, 0.29) is 17.2 Å². The molecule has 0 fully saturated rings. The summed E-state index contributed by atoms with van der Waals surface area (Å²) >= 11 is 0. The lowest BCUT2D eigenvalue weighted by Crippen LogP contribution is -2.16. The number of H-pyrrole nitrogens is 1. The van der Waals surface area contributed by atoms with Crippen LogP contribution in [0.15, 0.2) is 10.9 Å². The van der Waals surface area contributed by atoms with Gasteiger partial charge >= 0.3 is 5.97 Å². The number of carbonyl (C=O) groups is 1. The average Bonchev–Trinajstić information content (AvgIpc) is 2.01. The van der Waals surface area contributed by atoms with E-state index in [1.54, 1.807) is 0 Å².